The lowest BCUT2D eigenvalue weighted by Gasteiger charge is -2.19. The Hall–Kier alpha value is -1.51. The van der Waals surface area contributed by atoms with E-state index in [0.29, 0.717) is 6.42 Å². The molecule has 0 aliphatic heterocycles. The van der Waals surface area contributed by atoms with Crippen LogP contribution in [0.4, 0.5) is 0 Å². The van der Waals surface area contributed by atoms with Crippen LogP contribution in [0.1, 0.15) is 232 Å². The van der Waals surface area contributed by atoms with Crippen molar-refractivity contribution >= 4 is 19.8 Å². The van der Waals surface area contributed by atoms with Gasteiger partial charge in [0.2, 0.25) is 0 Å². The fraction of sp³-hybridized carbons (Fsp3) is 0.872. The normalized spacial score (nSPS) is 13.4. The largest absolute Gasteiger partial charge is 0.472 e. The molecule has 0 aromatic carbocycles. The molecule has 0 amide bonds. The van der Waals surface area contributed by atoms with Crippen LogP contribution in [0, 0.1) is 0 Å². The van der Waals surface area contributed by atoms with Crippen LogP contribution < -0.4 is 5.73 Å². The smallest absolute Gasteiger partial charge is 0.462 e. The molecule has 9 nitrogen and oxygen atoms in total. The van der Waals surface area contributed by atoms with Crippen molar-refractivity contribution in [1.29, 1.82) is 0 Å². The average molecular weight is 828 g/mol. The van der Waals surface area contributed by atoms with Gasteiger partial charge in [0.15, 0.2) is 6.10 Å². The van der Waals surface area contributed by atoms with Gasteiger partial charge >= 0.3 is 19.8 Å². The zero-order valence-corrected chi connectivity index (χ0v) is 38.0. The summed E-state index contributed by atoms with van der Waals surface area (Å²) in [6, 6.07) is 0. The van der Waals surface area contributed by atoms with E-state index in [1.807, 2.05) is 0 Å². The molecule has 0 bridgehead atoms. The predicted molar refractivity (Wildman–Crippen MR) is 238 cm³/mol. The second-order valence-corrected chi connectivity index (χ2v) is 17.4. The summed E-state index contributed by atoms with van der Waals surface area (Å²) in [6.07, 6.45) is 47.8. The number of carbonyl (C=O) groups excluding carboxylic acids is 2. The van der Waals surface area contributed by atoms with Crippen LogP contribution in [0.2, 0.25) is 0 Å². The third kappa shape index (κ3) is 43.9. The molecular formula is C47H90NO8P. The predicted octanol–water partition coefficient (Wildman–Crippen LogP) is 13.9. The highest BCUT2D eigenvalue weighted by molar-refractivity contribution is 7.47. The molecular weight excluding hydrogens is 737 g/mol. The fourth-order valence-electron chi connectivity index (χ4n) is 6.74. The minimum absolute atomic E-state index is 0.0540. The van der Waals surface area contributed by atoms with Gasteiger partial charge in [0.1, 0.15) is 6.61 Å². The number of ether oxygens (including phenoxy) is 2. The Bertz CT molecular complexity index is 990. The number of nitrogens with two attached hydrogens (primary N) is 1. The van der Waals surface area contributed by atoms with Crippen LogP contribution in [0.25, 0.3) is 0 Å². The molecule has 0 spiro atoms. The molecule has 3 N–H and O–H groups in total. The number of hydrogen-bond donors (Lipinski definition) is 2. The zero-order chi connectivity index (χ0) is 41.8. The topological polar surface area (TPSA) is 134 Å². The lowest BCUT2D eigenvalue weighted by molar-refractivity contribution is -0.161. The van der Waals surface area contributed by atoms with E-state index in [4.69, 9.17) is 24.3 Å². The van der Waals surface area contributed by atoms with Gasteiger partial charge in [-0.3, -0.25) is 18.6 Å². The first-order valence-electron chi connectivity index (χ1n) is 23.8. The van der Waals surface area contributed by atoms with Gasteiger partial charge in [-0.05, 0) is 64.2 Å². The van der Waals surface area contributed by atoms with E-state index in [1.165, 1.54) is 154 Å². The first kappa shape index (κ1) is 55.5. The maximum absolute atomic E-state index is 12.6. The molecule has 0 aromatic heterocycles. The average Bonchev–Trinajstić information content (AvgIpc) is 3.20. The first-order chi connectivity index (χ1) is 27.8. The number of hydrogen-bond acceptors (Lipinski definition) is 8. The molecule has 0 aliphatic carbocycles. The van der Waals surface area contributed by atoms with E-state index in [-0.39, 0.29) is 38.6 Å². The third-order valence-corrected chi connectivity index (χ3v) is 11.3. The van der Waals surface area contributed by atoms with E-state index in [2.05, 4.69) is 38.2 Å². The van der Waals surface area contributed by atoms with Crippen molar-refractivity contribution in [2.75, 3.05) is 26.4 Å². The Labute approximate surface area is 351 Å². The Morgan fingerprint density at radius 1 is 0.509 bits per heavy atom. The Kier molecular flexibility index (Phi) is 42.9. The molecule has 0 heterocycles. The highest BCUT2D eigenvalue weighted by atomic mass is 31.2. The van der Waals surface area contributed by atoms with Crippen LogP contribution in [0.3, 0.4) is 0 Å². The Morgan fingerprint density at radius 3 is 1.26 bits per heavy atom. The molecule has 0 rings (SSSR count). The van der Waals surface area contributed by atoms with E-state index >= 15 is 0 Å². The third-order valence-electron chi connectivity index (χ3n) is 10.3. The minimum Gasteiger partial charge on any atom is -0.462 e. The molecule has 2 unspecified atom stereocenters. The van der Waals surface area contributed by atoms with Gasteiger partial charge in [0, 0.05) is 19.4 Å². The summed E-state index contributed by atoms with van der Waals surface area (Å²) in [5, 5.41) is 0. The summed E-state index contributed by atoms with van der Waals surface area (Å²) in [7, 11) is -4.38. The molecule has 0 radical (unpaired) electrons. The second-order valence-electron chi connectivity index (χ2n) is 16.0. The summed E-state index contributed by atoms with van der Waals surface area (Å²) >= 11 is 0. The number of carbonyl (C=O) groups is 2. The van der Waals surface area contributed by atoms with E-state index in [9.17, 15) is 19.0 Å². The van der Waals surface area contributed by atoms with Crippen molar-refractivity contribution in [2.24, 2.45) is 5.73 Å². The molecule has 0 aliphatic rings. The molecule has 336 valence electrons. The lowest BCUT2D eigenvalue weighted by Crippen LogP contribution is -2.29. The second kappa shape index (κ2) is 44.1. The van der Waals surface area contributed by atoms with Gasteiger partial charge in [-0.2, -0.15) is 0 Å². The SMILES string of the molecule is CCCCCCC=CCCCCCCCCCC(=O)OC(COC(=O)CCCCCCCCCCCCCC=CCCCCCCCC)COP(=O)(O)OCCN. The number of phosphoric ester groups is 1. The molecule has 0 aromatic rings. The summed E-state index contributed by atoms with van der Waals surface area (Å²) in [5.41, 5.74) is 5.36. The monoisotopic (exact) mass is 828 g/mol. The number of esters is 2. The number of phosphoric acid groups is 1. The van der Waals surface area contributed by atoms with Crippen molar-refractivity contribution in [2.45, 2.75) is 238 Å². The van der Waals surface area contributed by atoms with Crippen LogP contribution >= 0.6 is 7.82 Å². The summed E-state index contributed by atoms with van der Waals surface area (Å²) in [5.74, 6) is -0.826. The van der Waals surface area contributed by atoms with Crippen molar-refractivity contribution in [3.8, 4) is 0 Å². The minimum atomic E-state index is -4.38. The summed E-state index contributed by atoms with van der Waals surface area (Å²) in [6.45, 7) is 3.74. The van der Waals surface area contributed by atoms with Crippen molar-refractivity contribution in [3.63, 3.8) is 0 Å². The van der Waals surface area contributed by atoms with Crippen LogP contribution in [0.5, 0.6) is 0 Å². The van der Waals surface area contributed by atoms with Gasteiger partial charge in [-0.15, -0.1) is 0 Å². The lowest BCUT2D eigenvalue weighted by atomic mass is 10.0. The van der Waals surface area contributed by atoms with Crippen molar-refractivity contribution < 1.29 is 37.6 Å². The molecule has 0 saturated carbocycles. The maximum atomic E-state index is 12.6. The van der Waals surface area contributed by atoms with Crippen LogP contribution in [-0.4, -0.2) is 49.3 Å². The molecule has 57 heavy (non-hydrogen) atoms. The number of unbranched alkanes of at least 4 members (excludes halogenated alkanes) is 28. The summed E-state index contributed by atoms with van der Waals surface area (Å²) < 4.78 is 32.8. The van der Waals surface area contributed by atoms with Gasteiger partial charge < -0.3 is 20.1 Å². The summed E-state index contributed by atoms with van der Waals surface area (Å²) in [4.78, 5) is 34.9. The highest BCUT2D eigenvalue weighted by Crippen LogP contribution is 2.43. The standard InChI is InChI=1S/C47H90NO8P/c1-3-5-7-9-11-13-15-17-19-20-21-22-23-24-26-27-29-31-33-35-37-39-46(49)53-43-45(44-55-57(51,52)54-42-41-48)56-47(50)40-38-36-34-32-30-28-25-18-16-14-12-10-8-6-4-2/h14,16-17,19,45H,3-13,15,18,20-44,48H2,1-2H3,(H,51,52). The number of allylic oxidation sites excluding steroid dienone is 4. The molecule has 0 saturated heterocycles. The van der Waals surface area contributed by atoms with Crippen molar-refractivity contribution in [1.82, 2.24) is 0 Å². The first-order valence-corrected chi connectivity index (χ1v) is 25.3. The van der Waals surface area contributed by atoms with Crippen molar-refractivity contribution in [3.05, 3.63) is 24.3 Å². The maximum Gasteiger partial charge on any atom is 0.472 e. The fourth-order valence-corrected chi connectivity index (χ4v) is 7.51. The van der Waals surface area contributed by atoms with E-state index in [0.717, 1.165) is 44.9 Å². The number of rotatable bonds is 45. The van der Waals surface area contributed by atoms with E-state index < -0.39 is 26.5 Å². The van der Waals surface area contributed by atoms with Crippen LogP contribution in [-0.2, 0) is 32.7 Å². The van der Waals surface area contributed by atoms with Gasteiger partial charge in [-0.1, -0.05) is 179 Å². The van der Waals surface area contributed by atoms with Gasteiger partial charge in [0.05, 0.1) is 13.2 Å². The molecule has 10 heteroatoms. The Balaban J connectivity index is 4.05. The van der Waals surface area contributed by atoms with Gasteiger partial charge in [0.25, 0.3) is 0 Å². The highest BCUT2D eigenvalue weighted by Gasteiger charge is 2.26. The van der Waals surface area contributed by atoms with Crippen LogP contribution in [0.15, 0.2) is 24.3 Å². The molecule has 2 atom stereocenters. The quantitative estimate of drug-likeness (QED) is 0.0266. The van der Waals surface area contributed by atoms with E-state index in [1.54, 1.807) is 0 Å². The zero-order valence-electron chi connectivity index (χ0n) is 37.1. The molecule has 0 fully saturated rings. The Morgan fingerprint density at radius 2 is 0.860 bits per heavy atom. The van der Waals surface area contributed by atoms with Gasteiger partial charge in [-0.25, -0.2) is 4.57 Å².